The molecule has 12 nitrogen and oxygen atoms in total. The lowest BCUT2D eigenvalue weighted by Gasteiger charge is -2.29. The molecule has 0 bridgehead atoms. The second kappa shape index (κ2) is 15.1. The van der Waals surface area contributed by atoms with Gasteiger partial charge >= 0.3 is 6.09 Å². The van der Waals surface area contributed by atoms with Crippen molar-refractivity contribution in [3.8, 4) is 22.4 Å². The number of hydrogen-bond donors (Lipinski definition) is 5. The van der Waals surface area contributed by atoms with E-state index >= 15 is 0 Å². The molecule has 4 heterocycles. The minimum absolute atomic E-state index is 0.0847. The van der Waals surface area contributed by atoms with Crippen molar-refractivity contribution in [3.63, 3.8) is 0 Å². The van der Waals surface area contributed by atoms with Gasteiger partial charge < -0.3 is 35.9 Å². The van der Waals surface area contributed by atoms with Gasteiger partial charge in [-0.15, -0.1) is 0 Å². The van der Waals surface area contributed by atoms with Gasteiger partial charge in [0.25, 0.3) is 0 Å². The molecule has 0 aliphatic carbocycles. The van der Waals surface area contributed by atoms with E-state index < -0.39 is 18.2 Å². The van der Waals surface area contributed by atoms with Crippen molar-refractivity contribution in [1.82, 2.24) is 35.1 Å². The predicted octanol–water partition coefficient (Wildman–Crippen LogP) is 8.25. The summed E-state index contributed by atoms with van der Waals surface area (Å²) in [6.07, 6.45) is 3.95. The zero-order chi connectivity index (χ0) is 40.1. The summed E-state index contributed by atoms with van der Waals surface area (Å²) < 4.78 is 0. The van der Waals surface area contributed by atoms with E-state index in [0.717, 1.165) is 97.9 Å². The quantitative estimate of drug-likeness (QED) is 0.0982. The molecule has 0 spiro atoms. The van der Waals surface area contributed by atoms with Crippen LogP contribution in [0.15, 0.2) is 103 Å². The first-order chi connectivity index (χ1) is 28.1. The van der Waals surface area contributed by atoms with E-state index in [2.05, 4.69) is 75.9 Å². The van der Waals surface area contributed by atoms with Gasteiger partial charge in [-0.05, 0) is 88.7 Å². The lowest BCUT2D eigenvalue weighted by molar-refractivity contribution is -0.135. The van der Waals surface area contributed by atoms with Gasteiger partial charge in [0.05, 0.1) is 35.0 Å². The summed E-state index contributed by atoms with van der Waals surface area (Å²) in [4.78, 5) is 58.8. The summed E-state index contributed by atoms with van der Waals surface area (Å²) in [7, 11) is 0. The van der Waals surface area contributed by atoms with Gasteiger partial charge in [-0.2, -0.15) is 0 Å². The summed E-state index contributed by atoms with van der Waals surface area (Å²) >= 11 is 0. The Morgan fingerprint density at radius 3 is 2.09 bits per heavy atom. The number of aromatic nitrogens is 4. The fourth-order valence-electron chi connectivity index (χ4n) is 8.84. The van der Waals surface area contributed by atoms with Crippen LogP contribution in [0.3, 0.4) is 0 Å². The van der Waals surface area contributed by atoms with E-state index in [-0.39, 0.29) is 29.8 Å². The van der Waals surface area contributed by atoms with Gasteiger partial charge in [-0.3, -0.25) is 9.59 Å². The fourth-order valence-corrected chi connectivity index (χ4v) is 8.84. The zero-order valence-electron chi connectivity index (χ0n) is 32.5. The number of nitrogens with two attached hydrogens (primary N) is 1. The molecule has 3 amide bonds. The van der Waals surface area contributed by atoms with Gasteiger partial charge in [0, 0.05) is 24.0 Å². The van der Waals surface area contributed by atoms with Crippen molar-refractivity contribution in [2.75, 3.05) is 13.1 Å². The number of nitrogens with one attached hydrogen (secondary N) is 3. The van der Waals surface area contributed by atoms with E-state index in [0.29, 0.717) is 13.1 Å². The third-order valence-electron chi connectivity index (χ3n) is 11.9. The van der Waals surface area contributed by atoms with Crippen LogP contribution >= 0.6 is 0 Å². The highest BCUT2D eigenvalue weighted by molar-refractivity contribution is 6.05. The molecule has 4 unspecified atom stereocenters. The highest BCUT2D eigenvalue weighted by Gasteiger charge is 2.38. The number of carbonyl (C=O) groups is 3. The number of rotatable bonds is 9. The average Bonchev–Trinajstić information content (AvgIpc) is 4.08. The van der Waals surface area contributed by atoms with Gasteiger partial charge in [0.15, 0.2) is 0 Å². The molecule has 7 aromatic rings. The van der Waals surface area contributed by atoms with Gasteiger partial charge in [0.1, 0.15) is 23.7 Å². The Hall–Kier alpha value is -6.53. The Morgan fingerprint density at radius 1 is 0.759 bits per heavy atom. The highest BCUT2D eigenvalue weighted by atomic mass is 16.4. The summed E-state index contributed by atoms with van der Waals surface area (Å²) in [5.74, 6) is 1.00. The minimum Gasteiger partial charge on any atom is -0.465 e. The second-order valence-electron chi connectivity index (χ2n) is 15.9. The topological polar surface area (TPSA) is 173 Å². The Morgan fingerprint density at radius 2 is 1.38 bits per heavy atom. The molecule has 294 valence electrons. The smallest absolute Gasteiger partial charge is 0.405 e. The van der Waals surface area contributed by atoms with Crippen LogP contribution in [0.5, 0.6) is 0 Å². The average molecular weight is 775 g/mol. The summed E-state index contributed by atoms with van der Waals surface area (Å²) in [5.41, 5.74) is 13.1. The number of carbonyl (C=O) groups excluding carboxylic acids is 2. The van der Waals surface area contributed by atoms with Gasteiger partial charge in [-0.25, -0.2) is 14.8 Å². The molecule has 2 aliphatic heterocycles. The molecule has 12 heteroatoms. The maximum atomic E-state index is 13.5. The molecule has 58 heavy (non-hydrogen) atoms. The third-order valence-corrected chi connectivity index (χ3v) is 11.9. The number of aromatic amines is 2. The second-order valence-corrected chi connectivity index (χ2v) is 15.9. The molecule has 9 rings (SSSR count). The molecule has 2 aromatic heterocycles. The Labute approximate surface area is 335 Å². The molecule has 2 aliphatic rings. The molecule has 2 fully saturated rings. The van der Waals surface area contributed by atoms with Crippen molar-refractivity contribution < 1.29 is 19.5 Å². The molecule has 4 atom stereocenters. The van der Waals surface area contributed by atoms with Crippen LogP contribution in [0.4, 0.5) is 4.79 Å². The van der Waals surface area contributed by atoms with Crippen LogP contribution in [0.25, 0.3) is 55.0 Å². The predicted molar refractivity (Wildman–Crippen MR) is 225 cm³/mol. The largest absolute Gasteiger partial charge is 0.465 e. The van der Waals surface area contributed by atoms with E-state index in [4.69, 9.17) is 15.7 Å². The number of fused-ring (bicyclic) bond motifs is 4. The standard InChI is InChI=1S/C46H46N8O4/c1-26(2)40(52-46(57)58)45(56)54-21-7-11-38(54)43-49-35-19-17-32-23-31(16-18-34(32)41(35)51-43)28-12-13-30-24-33(15-14-29(30)22-28)36-25-48-42(50-36)37-10-6-20-53(37)44(55)39(47)27-8-4-3-5-9-27/h3-5,8-9,12-19,22-26,37-40,52H,6-7,10-11,20-21,47H2,1-2H3,(H,48,50)(H,49,51)(H,57,58). The first-order valence-electron chi connectivity index (χ1n) is 20.1. The number of imidazole rings is 2. The molecular weight excluding hydrogens is 729 g/mol. The maximum Gasteiger partial charge on any atom is 0.405 e. The number of benzene rings is 5. The first kappa shape index (κ1) is 37.1. The Bertz CT molecular complexity index is 2690. The SMILES string of the molecule is CC(C)C(NC(=O)O)C(=O)N1CCCC1c1nc2c(ccc3cc(-c4ccc5cc(-c6cnc(C7CCCN7C(=O)C(N)c7ccccc7)[nH]6)ccc5c4)ccc32)[nH]1. The third kappa shape index (κ3) is 6.83. The van der Waals surface area contributed by atoms with Crippen molar-refractivity contribution >= 4 is 50.5 Å². The monoisotopic (exact) mass is 774 g/mol. The Balaban J connectivity index is 0.931. The van der Waals surface area contributed by atoms with E-state index in [9.17, 15) is 19.5 Å². The number of amides is 3. The molecular formula is C46H46N8O4. The number of hydrogen-bond acceptors (Lipinski definition) is 6. The number of likely N-dealkylation sites (tertiary alicyclic amines) is 2. The van der Waals surface area contributed by atoms with Crippen LogP contribution in [-0.4, -0.2) is 71.9 Å². The van der Waals surface area contributed by atoms with Crippen molar-refractivity contribution in [3.05, 3.63) is 120 Å². The van der Waals surface area contributed by atoms with Crippen LogP contribution in [0.1, 0.15) is 74.9 Å². The molecule has 6 N–H and O–H groups in total. The summed E-state index contributed by atoms with van der Waals surface area (Å²) in [6.45, 7) is 4.90. The van der Waals surface area contributed by atoms with E-state index in [1.807, 2.05) is 61.3 Å². The van der Waals surface area contributed by atoms with Crippen molar-refractivity contribution in [1.29, 1.82) is 0 Å². The van der Waals surface area contributed by atoms with Crippen LogP contribution < -0.4 is 11.1 Å². The zero-order valence-corrected chi connectivity index (χ0v) is 32.5. The van der Waals surface area contributed by atoms with E-state index in [1.165, 1.54) is 0 Å². The summed E-state index contributed by atoms with van der Waals surface area (Å²) in [6, 6.07) is 31.0. The van der Waals surface area contributed by atoms with Gasteiger partial charge in [-0.1, -0.05) is 86.6 Å². The lowest BCUT2D eigenvalue weighted by atomic mass is 9.97. The van der Waals surface area contributed by atoms with Crippen LogP contribution in [0.2, 0.25) is 0 Å². The van der Waals surface area contributed by atoms with Crippen LogP contribution in [0, 0.1) is 5.92 Å². The van der Waals surface area contributed by atoms with Crippen molar-refractivity contribution in [2.24, 2.45) is 11.7 Å². The van der Waals surface area contributed by atoms with E-state index in [1.54, 1.807) is 4.90 Å². The molecule has 0 saturated carbocycles. The lowest BCUT2D eigenvalue weighted by Crippen LogP contribution is -2.50. The number of carboxylic acid groups (broad SMARTS) is 1. The summed E-state index contributed by atoms with van der Waals surface area (Å²) in [5, 5.41) is 16.1. The Kier molecular flexibility index (Phi) is 9.65. The number of nitrogens with zero attached hydrogens (tertiary/aromatic N) is 4. The molecule has 2 saturated heterocycles. The van der Waals surface area contributed by atoms with Crippen LogP contribution in [-0.2, 0) is 9.59 Å². The van der Waals surface area contributed by atoms with Crippen molar-refractivity contribution in [2.45, 2.75) is 63.7 Å². The number of H-pyrrole nitrogens is 2. The molecule has 5 aromatic carbocycles. The maximum absolute atomic E-state index is 13.5. The molecule has 0 radical (unpaired) electrons. The normalized spacial score (nSPS) is 18.1. The van der Waals surface area contributed by atoms with Gasteiger partial charge in [0.2, 0.25) is 11.8 Å². The highest BCUT2D eigenvalue weighted by Crippen LogP contribution is 2.37. The fraction of sp³-hybridized carbons (Fsp3) is 0.283. The minimum atomic E-state index is -1.21. The first-order valence-corrected chi connectivity index (χ1v) is 20.1.